The lowest BCUT2D eigenvalue weighted by Crippen LogP contribution is -2.34. The molecule has 1 aliphatic rings. The Morgan fingerprint density at radius 2 is 2.15 bits per heavy atom. The van der Waals surface area contributed by atoms with Crippen molar-refractivity contribution >= 4 is 22.9 Å². The van der Waals surface area contributed by atoms with Crippen molar-refractivity contribution in [2.45, 2.75) is 51.4 Å². The van der Waals surface area contributed by atoms with E-state index in [1.165, 1.54) is 23.3 Å². The first-order valence-corrected chi connectivity index (χ1v) is 8.66. The smallest absolute Gasteiger partial charge is 0.249 e. The summed E-state index contributed by atoms with van der Waals surface area (Å²) in [6, 6.07) is 0. The number of hydrogen-bond donors (Lipinski definition) is 3. The third kappa shape index (κ3) is 3.98. The maximum absolute atomic E-state index is 11.8. The van der Waals surface area contributed by atoms with Gasteiger partial charge >= 0.3 is 0 Å². The number of nitrogens with one attached hydrogen (secondary N) is 1. The van der Waals surface area contributed by atoms with Gasteiger partial charge in [-0.05, 0) is 26.8 Å². The van der Waals surface area contributed by atoms with Crippen LogP contribution in [0.5, 0.6) is 0 Å². The second-order valence-electron chi connectivity index (χ2n) is 6.46. The number of aromatic nitrogens is 4. The first-order chi connectivity index (χ1) is 12.9. The lowest BCUT2D eigenvalue weighted by molar-refractivity contribution is -0.111. The van der Waals surface area contributed by atoms with Crippen LogP contribution < -0.4 is 5.32 Å². The summed E-state index contributed by atoms with van der Waals surface area (Å²) in [5, 5.41) is 23.3. The fraction of sp³-hybridized carbons (Fsp3) is 0.529. The molecule has 4 atom stereocenters. The summed E-state index contributed by atoms with van der Waals surface area (Å²) in [5.41, 5.74) is 0.713. The average molecular weight is 377 g/mol. The molecule has 2 aromatic rings. The van der Waals surface area contributed by atoms with E-state index < -0.39 is 24.5 Å². The molecule has 1 aliphatic heterocycles. The Bertz CT molecular complexity index is 836. The highest BCUT2D eigenvalue weighted by atomic mass is 16.6. The number of anilines is 1. The van der Waals surface area contributed by atoms with E-state index >= 15 is 0 Å². The van der Waals surface area contributed by atoms with Crippen molar-refractivity contribution in [1.82, 2.24) is 19.5 Å². The number of nitrogens with zero attached hydrogens (tertiary/aromatic N) is 4. The largest absolute Gasteiger partial charge is 0.387 e. The fourth-order valence-corrected chi connectivity index (χ4v) is 2.82. The summed E-state index contributed by atoms with van der Waals surface area (Å²) < 4.78 is 12.8. The normalized spacial score (nSPS) is 25.7. The predicted molar refractivity (Wildman–Crippen MR) is 95.8 cm³/mol. The molecule has 1 amide bonds. The summed E-state index contributed by atoms with van der Waals surface area (Å²) in [5.74, 6) is -0.0971. The Morgan fingerprint density at radius 3 is 2.85 bits per heavy atom. The third-order valence-corrected chi connectivity index (χ3v) is 4.12. The molecule has 0 radical (unpaired) electrons. The number of carbonyl (C=O) groups is 1. The molecular weight excluding hydrogens is 354 g/mol. The van der Waals surface area contributed by atoms with E-state index in [-0.39, 0.29) is 24.4 Å². The van der Waals surface area contributed by atoms with E-state index in [4.69, 9.17) is 9.47 Å². The predicted octanol–water partition coefficient (Wildman–Crippen LogP) is 0.385. The van der Waals surface area contributed by atoms with Crippen LogP contribution in [0.3, 0.4) is 0 Å². The highest BCUT2D eigenvalue weighted by molar-refractivity contribution is 6.02. The summed E-state index contributed by atoms with van der Waals surface area (Å²) in [4.78, 5) is 24.2. The second-order valence-corrected chi connectivity index (χ2v) is 6.46. The quantitative estimate of drug-likeness (QED) is 0.616. The molecule has 3 heterocycles. The van der Waals surface area contributed by atoms with E-state index in [0.29, 0.717) is 11.2 Å². The maximum Gasteiger partial charge on any atom is 0.249 e. The highest BCUT2D eigenvalue weighted by Crippen LogP contribution is 2.32. The number of aliphatic hydroxyl groups excluding tert-OH is 2. The number of imidazole rings is 1. The molecule has 0 aromatic carbocycles. The summed E-state index contributed by atoms with van der Waals surface area (Å²) in [6.45, 7) is 5.63. The van der Waals surface area contributed by atoms with Crippen LogP contribution in [0, 0.1) is 0 Å². The fourth-order valence-electron chi connectivity index (χ4n) is 2.82. The Labute approximate surface area is 155 Å². The van der Waals surface area contributed by atoms with Crippen molar-refractivity contribution < 1.29 is 24.5 Å². The van der Waals surface area contributed by atoms with Crippen LogP contribution in [-0.4, -0.2) is 66.7 Å². The van der Waals surface area contributed by atoms with Crippen LogP contribution in [0.25, 0.3) is 11.2 Å². The van der Waals surface area contributed by atoms with E-state index in [2.05, 4.69) is 20.3 Å². The van der Waals surface area contributed by atoms with Gasteiger partial charge in [-0.25, -0.2) is 15.0 Å². The number of fused-ring (bicyclic) bond motifs is 1. The van der Waals surface area contributed by atoms with Crippen LogP contribution in [-0.2, 0) is 14.3 Å². The lowest BCUT2D eigenvalue weighted by Gasteiger charge is -2.17. The minimum Gasteiger partial charge on any atom is -0.387 e. The van der Waals surface area contributed by atoms with Gasteiger partial charge in [-0.3, -0.25) is 9.36 Å². The van der Waals surface area contributed by atoms with Crippen LogP contribution in [0.1, 0.15) is 27.0 Å². The number of aliphatic hydroxyl groups is 2. The minimum absolute atomic E-state index is 0.0258. The number of allylic oxidation sites excluding steroid dienone is 1. The number of carbonyl (C=O) groups excluding carboxylic acids is 1. The highest BCUT2D eigenvalue weighted by Gasteiger charge is 2.44. The average Bonchev–Trinajstić information content (AvgIpc) is 3.16. The Balaban J connectivity index is 1.86. The van der Waals surface area contributed by atoms with Gasteiger partial charge in [0.2, 0.25) is 5.91 Å². The molecule has 0 saturated carbocycles. The lowest BCUT2D eigenvalue weighted by atomic mass is 10.1. The molecule has 2 aromatic heterocycles. The molecule has 0 bridgehead atoms. The van der Waals surface area contributed by atoms with Gasteiger partial charge in [0.15, 0.2) is 23.2 Å². The number of hydrogen-bond acceptors (Lipinski definition) is 8. The third-order valence-electron chi connectivity index (χ3n) is 4.12. The second kappa shape index (κ2) is 8.09. The molecule has 1 fully saturated rings. The van der Waals surface area contributed by atoms with Gasteiger partial charge in [-0.1, -0.05) is 6.08 Å². The van der Waals surface area contributed by atoms with Gasteiger partial charge in [0.25, 0.3) is 0 Å². The van der Waals surface area contributed by atoms with Crippen molar-refractivity contribution in [2.75, 3.05) is 11.9 Å². The van der Waals surface area contributed by atoms with Gasteiger partial charge in [0.05, 0.1) is 19.0 Å². The Kier molecular flexibility index (Phi) is 5.80. The van der Waals surface area contributed by atoms with Gasteiger partial charge in [-0.15, -0.1) is 0 Å². The van der Waals surface area contributed by atoms with Gasteiger partial charge in [0.1, 0.15) is 24.6 Å². The molecule has 1 saturated heterocycles. The topological polar surface area (TPSA) is 132 Å². The monoisotopic (exact) mass is 377 g/mol. The summed E-state index contributed by atoms with van der Waals surface area (Å²) in [7, 11) is 0. The van der Waals surface area contributed by atoms with Gasteiger partial charge in [-0.2, -0.15) is 0 Å². The molecule has 0 aliphatic carbocycles. The Morgan fingerprint density at radius 1 is 1.37 bits per heavy atom. The standard InChI is InChI=1S/C17H23N5O5/c1-4-5-11(23)21-15-12-16(19-7-18-15)22(8-20-12)17-14(25)13(24)10(27-17)6-26-9(2)3/h4-5,7-10,13-14,17,24-25H,6H2,1-3H3,(H,18,19,21,23)/b5-4+/t10-,13+,14+,17+/m0/s1. The molecular formula is C17H23N5O5. The van der Waals surface area contributed by atoms with E-state index in [9.17, 15) is 15.0 Å². The molecule has 146 valence electrons. The number of rotatable bonds is 6. The van der Waals surface area contributed by atoms with Crippen LogP contribution >= 0.6 is 0 Å². The zero-order valence-corrected chi connectivity index (χ0v) is 15.3. The van der Waals surface area contributed by atoms with Crippen molar-refractivity contribution in [3.05, 3.63) is 24.8 Å². The number of amides is 1. The molecule has 0 unspecified atom stereocenters. The van der Waals surface area contributed by atoms with E-state index in [0.717, 1.165) is 0 Å². The van der Waals surface area contributed by atoms with Crippen LogP contribution in [0.4, 0.5) is 5.82 Å². The van der Waals surface area contributed by atoms with Crippen molar-refractivity contribution in [2.24, 2.45) is 0 Å². The van der Waals surface area contributed by atoms with Crippen molar-refractivity contribution in [3.63, 3.8) is 0 Å². The van der Waals surface area contributed by atoms with E-state index in [1.54, 1.807) is 13.0 Å². The molecule has 10 heteroatoms. The molecule has 3 rings (SSSR count). The van der Waals surface area contributed by atoms with Gasteiger partial charge < -0.3 is 25.0 Å². The van der Waals surface area contributed by atoms with Crippen LogP contribution in [0.2, 0.25) is 0 Å². The van der Waals surface area contributed by atoms with Crippen molar-refractivity contribution in [1.29, 1.82) is 0 Å². The molecule has 3 N–H and O–H groups in total. The molecule has 27 heavy (non-hydrogen) atoms. The summed E-state index contributed by atoms with van der Waals surface area (Å²) >= 11 is 0. The minimum atomic E-state index is -1.18. The zero-order chi connectivity index (χ0) is 19.6. The molecule has 10 nitrogen and oxygen atoms in total. The van der Waals surface area contributed by atoms with Crippen LogP contribution in [0.15, 0.2) is 24.8 Å². The zero-order valence-electron chi connectivity index (χ0n) is 15.3. The Hall–Kier alpha value is -2.40. The first-order valence-electron chi connectivity index (χ1n) is 8.66. The summed E-state index contributed by atoms with van der Waals surface area (Å²) in [6.07, 6.45) is 1.80. The first kappa shape index (κ1) is 19.4. The number of ether oxygens (including phenoxy) is 2. The molecule has 0 spiro atoms. The maximum atomic E-state index is 11.8. The van der Waals surface area contributed by atoms with Crippen molar-refractivity contribution in [3.8, 4) is 0 Å². The van der Waals surface area contributed by atoms with E-state index in [1.807, 2.05) is 13.8 Å². The van der Waals surface area contributed by atoms with Gasteiger partial charge in [0, 0.05) is 0 Å². The SMILES string of the molecule is C/C=C/C(=O)Nc1ncnc2c1ncn2[C@@H]1O[C@@H](COC(C)C)[C@@H](O)[C@H]1O.